The van der Waals surface area contributed by atoms with Crippen LogP contribution in [0.1, 0.15) is 53.6 Å². The smallest absolute Gasteiger partial charge is 0.251 e. The molecule has 0 bridgehead atoms. The maximum Gasteiger partial charge on any atom is 0.251 e. The largest absolute Gasteiger partial charge is 0.496 e. The molecule has 0 aliphatic heterocycles. The number of carbonyl (C=O) groups excluding carboxylic acids is 1. The second-order valence-corrected chi connectivity index (χ2v) is 9.95. The highest BCUT2D eigenvalue weighted by Crippen LogP contribution is 2.25. The van der Waals surface area contributed by atoms with Crippen LogP contribution in [-0.4, -0.2) is 38.8 Å². The molecule has 0 aromatic heterocycles. The second kappa shape index (κ2) is 9.62. The SMILES string of the molecule is COc1ccc(C(=O)NC2CCCCC2)cc1CN(C)S(=O)(=O)c1ccc(C)cc1. The van der Waals surface area contributed by atoms with Crippen LogP contribution in [0.2, 0.25) is 0 Å². The molecule has 30 heavy (non-hydrogen) atoms. The lowest BCUT2D eigenvalue weighted by atomic mass is 9.95. The molecule has 6 nitrogen and oxygen atoms in total. The van der Waals surface area contributed by atoms with E-state index in [9.17, 15) is 13.2 Å². The zero-order chi connectivity index (χ0) is 21.7. The fourth-order valence-corrected chi connectivity index (χ4v) is 4.92. The third-order valence-corrected chi connectivity index (χ3v) is 7.42. The first-order valence-corrected chi connectivity index (χ1v) is 11.8. The van der Waals surface area contributed by atoms with Crippen LogP contribution >= 0.6 is 0 Å². The number of hydrogen-bond donors (Lipinski definition) is 1. The highest BCUT2D eigenvalue weighted by Gasteiger charge is 2.23. The zero-order valence-corrected chi connectivity index (χ0v) is 18.7. The third kappa shape index (κ3) is 5.21. The number of aryl methyl sites for hydroxylation is 1. The standard InChI is InChI=1S/C23H30N2O4S/c1-17-9-12-21(13-10-17)30(27,28)25(2)16-19-15-18(11-14-22(19)29-3)23(26)24-20-7-5-4-6-8-20/h9-15,20H,4-8,16H2,1-3H3,(H,24,26). The Bertz CT molecular complexity index is 981. The number of benzene rings is 2. The number of nitrogens with one attached hydrogen (secondary N) is 1. The van der Waals surface area contributed by atoms with Crippen molar-refractivity contribution in [1.29, 1.82) is 0 Å². The summed E-state index contributed by atoms with van der Waals surface area (Å²) >= 11 is 0. The van der Waals surface area contributed by atoms with Gasteiger partial charge in [0.2, 0.25) is 10.0 Å². The van der Waals surface area contributed by atoms with Crippen molar-refractivity contribution in [2.24, 2.45) is 0 Å². The molecule has 3 rings (SSSR count). The summed E-state index contributed by atoms with van der Waals surface area (Å²) in [7, 11) is -0.590. The Labute approximate surface area is 179 Å². The predicted octanol–water partition coefficient (Wildman–Crippen LogP) is 3.89. The number of sulfonamides is 1. The Morgan fingerprint density at radius 3 is 2.40 bits per heavy atom. The molecule has 0 radical (unpaired) electrons. The van der Waals surface area contributed by atoms with Gasteiger partial charge >= 0.3 is 0 Å². The average Bonchev–Trinajstić information content (AvgIpc) is 2.74. The maximum absolute atomic E-state index is 12.9. The summed E-state index contributed by atoms with van der Waals surface area (Å²) in [6.45, 7) is 2.01. The van der Waals surface area contributed by atoms with Crippen molar-refractivity contribution in [3.8, 4) is 5.75 Å². The summed E-state index contributed by atoms with van der Waals surface area (Å²) in [4.78, 5) is 13.0. The van der Waals surface area contributed by atoms with Gasteiger partial charge in [0.25, 0.3) is 5.91 Å². The average molecular weight is 431 g/mol. The van der Waals surface area contributed by atoms with Crippen LogP contribution in [0, 0.1) is 6.92 Å². The first kappa shape index (κ1) is 22.3. The van der Waals surface area contributed by atoms with Gasteiger partial charge in [0, 0.05) is 30.8 Å². The fourth-order valence-electron chi connectivity index (χ4n) is 3.77. The Morgan fingerprint density at radius 2 is 1.77 bits per heavy atom. The van der Waals surface area contributed by atoms with Gasteiger partial charge in [0.05, 0.1) is 12.0 Å². The molecule has 162 valence electrons. The maximum atomic E-state index is 12.9. The minimum atomic E-state index is -3.66. The first-order valence-electron chi connectivity index (χ1n) is 10.3. The molecule has 2 aromatic carbocycles. The van der Waals surface area contributed by atoms with Crippen molar-refractivity contribution in [3.63, 3.8) is 0 Å². The van der Waals surface area contributed by atoms with Crippen molar-refractivity contribution in [2.75, 3.05) is 14.2 Å². The molecule has 1 aliphatic rings. The van der Waals surface area contributed by atoms with E-state index in [-0.39, 0.29) is 23.4 Å². The van der Waals surface area contributed by atoms with Gasteiger partial charge in [-0.2, -0.15) is 4.31 Å². The van der Waals surface area contributed by atoms with Gasteiger partial charge in [0.15, 0.2) is 0 Å². The molecule has 1 aliphatic carbocycles. The number of rotatable bonds is 7. The van der Waals surface area contributed by atoms with E-state index in [4.69, 9.17) is 4.74 Å². The summed E-state index contributed by atoms with van der Waals surface area (Å²) in [5.41, 5.74) is 2.15. The van der Waals surface area contributed by atoms with Crippen molar-refractivity contribution >= 4 is 15.9 Å². The molecule has 2 aromatic rings. The molecule has 0 atom stereocenters. The van der Waals surface area contributed by atoms with E-state index in [0.717, 1.165) is 31.2 Å². The Kier molecular flexibility index (Phi) is 7.15. The van der Waals surface area contributed by atoms with E-state index in [1.54, 1.807) is 42.5 Å². The van der Waals surface area contributed by atoms with Gasteiger partial charge in [-0.25, -0.2) is 8.42 Å². The van der Waals surface area contributed by atoms with Crippen LogP contribution in [0.3, 0.4) is 0 Å². The van der Waals surface area contributed by atoms with Crippen molar-refractivity contribution in [2.45, 2.75) is 56.5 Å². The lowest BCUT2D eigenvalue weighted by Crippen LogP contribution is -2.36. The van der Waals surface area contributed by atoms with E-state index in [1.165, 1.54) is 24.9 Å². The number of carbonyl (C=O) groups is 1. The van der Waals surface area contributed by atoms with Gasteiger partial charge in [-0.1, -0.05) is 37.0 Å². The highest BCUT2D eigenvalue weighted by atomic mass is 32.2. The van der Waals surface area contributed by atoms with E-state index in [0.29, 0.717) is 16.9 Å². The second-order valence-electron chi connectivity index (χ2n) is 7.91. The molecule has 0 spiro atoms. The predicted molar refractivity (Wildman–Crippen MR) is 117 cm³/mol. The van der Waals surface area contributed by atoms with Crippen molar-refractivity contribution in [3.05, 3.63) is 59.2 Å². The molecule has 1 saturated carbocycles. The number of ether oxygens (including phenoxy) is 1. The molecular weight excluding hydrogens is 400 g/mol. The topological polar surface area (TPSA) is 75.7 Å². The van der Waals surface area contributed by atoms with Crippen LogP contribution in [0.4, 0.5) is 0 Å². The molecule has 0 heterocycles. The third-order valence-electron chi connectivity index (χ3n) is 5.61. The normalized spacial score (nSPS) is 15.2. The minimum Gasteiger partial charge on any atom is -0.496 e. The van der Waals surface area contributed by atoms with E-state index in [1.807, 2.05) is 6.92 Å². The highest BCUT2D eigenvalue weighted by molar-refractivity contribution is 7.89. The molecule has 0 unspecified atom stereocenters. The summed E-state index contributed by atoms with van der Waals surface area (Å²) in [5.74, 6) is 0.421. The van der Waals surface area contributed by atoms with Gasteiger partial charge in [-0.3, -0.25) is 4.79 Å². The van der Waals surface area contributed by atoms with Gasteiger partial charge in [0.1, 0.15) is 5.75 Å². The molecule has 0 saturated heterocycles. The number of amides is 1. The van der Waals surface area contributed by atoms with Gasteiger partial charge in [-0.05, 0) is 50.1 Å². The lowest BCUT2D eigenvalue weighted by molar-refractivity contribution is 0.0927. The van der Waals surface area contributed by atoms with Crippen LogP contribution in [0.25, 0.3) is 0 Å². The Hall–Kier alpha value is -2.38. The molecule has 1 fully saturated rings. The van der Waals surface area contributed by atoms with Gasteiger partial charge < -0.3 is 10.1 Å². The van der Waals surface area contributed by atoms with Crippen molar-refractivity contribution in [1.82, 2.24) is 9.62 Å². The fraction of sp³-hybridized carbons (Fsp3) is 0.435. The summed E-state index contributed by atoms with van der Waals surface area (Å²) < 4.78 is 32.6. The summed E-state index contributed by atoms with van der Waals surface area (Å²) in [5, 5.41) is 3.10. The van der Waals surface area contributed by atoms with Crippen LogP contribution in [-0.2, 0) is 16.6 Å². The van der Waals surface area contributed by atoms with E-state index < -0.39 is 10.0 Å². The van der Waals surface area contributed by atoms with Gasteiger partial charge in [-0.15, -0.1) is 0 Å². The molecular formula is C23H30N2O4S. The van der Waals surface area contributed by atoms with Crippen molar-refractivity contribution < 1.29 is 17.9 Å². The lowest BCUT2D eigenvalue weighted by Gasteiger charge is -2.23. The zero-order valence-electron chi connectivity index (χ0n) is 17.8. The Balaban J connectivity index is 1.79. The molecule has 7 heteroatoms. The van der Waals surface area contributed by atoms with Crippen LogP contribution in [0.15, 0.2) is 47.4 Å². The first-order chi connectivity index (χ1) is 14.3. The minimum absolute atomic E-state index is 0.101. The number of methoxy groups -OCH3 is 1. The number of nitrogens with zero attached hydrogens (tertiary/aromatic N) is 1. The van der Waals surface area contributed by atoms with Crippen LogP contribution < -0.4 is 10.1 Å². The Morgan fingerprint density at radius 1 is 1.10 bits per heavy atom. The summed E-state index contributed by atoms with van der Waals surface area (Å²) in [6.07, 6.45) is 5.51. The molecule has 1 N–H and O–H groups in total. The monoisotopic (exact) mass is 430 g/mol. The quantitative estimate of drug-likeness (QED) is 0.723. The van der Waals surface area contributed by atoms with Crippen LogP contribution in [0.5, 0.6) is 5.75 Å². The molecule has 1 amide bonds. The summed E-state index contributed by atoms with van der Waals surface area (Å²) in [6, 6.07) is 12.1. The van der Waals surface area contributed by atoms with E-state index >= 15 is 0 Å². The number of hydrogen-bond acceptors (Lipinski definition) is 4. The van der Waals surface area contributed by atoms with E-state index in [2.05, 4.69) is 5.32 Å².